The molecular weight excluding hydrogens is 345 g/mol. The third-order valence-electron chi connectivity index (χ3n) is 3.16. The van der Waals surface area contributed by atoms with Gasteiger partial charge in [-0.2, -0.15) is 17.0 Å². The molecule has 7 nitrogen and oxygen atoms in total. The lowest BCUT2D eigenvalue weighted by molar-refractivity contribution is 0.252. The van der Waals surface area contributed by atoms with Gasteiger partial charge in [-0.05, 0) is 24.3 Å². The summed E-state index contributed by atoms with van der Waals surface area (Å²) in [5, 5.41) is 27.1. The van der Waals surface area contributed by atoms with Crippen LogP contribution in [0.3, 0.4) is 0 Å². The topological polar surface area (TPSA) is 103 Å². The molecule has 0 aliphatic carbocycles. The molecule has 0 atom stereocenters. The number of amides is 2. The summed E-state index contributed by atoms with van der Waals surface area (Å²) in [4.78, 5) is 11.8. The first-order valence-electron chi connectivity index (χ1n) is 7.64. The average molecular weight is 363 g/mol. The summed E-state index contributed by atoms with van der Waals surface area (Å²) in [7, 11) is 0. The Kier molecular flexibility index (Phi) is 7.25. The molecule has 0 spiro atoms. The van der Waals surface area contributed by atoms with Crippen LogP contribution in [-0.2, 0) is 0 Å². The van der Waals surface area contributed by atoms with Crippen molar-refractivity contribution in [2.75, 3.05) is 30.0 Å². The second-order valence-electron chi connectivity index (χ2n) is 4.96. The number of hydrogen-bond acceptors (Lipinski definition) is 5. The minimum absolute atomic E-state index is 0.110. The zero-order valence-corrected chi connectivity index (χ0v) is 14.2. The number of thioether (sulfide) groups is 1. The highest BCUT2D eigenvalue weighted by Gasteiger charge is 2.11. The molecule has 0 saturated heterocycles. The minimum atomic E-state index is -0.624. The third kappa shape index (κ3) is 5.48. The molecule has 0 aliphatic rings. The van der Waals surface area contributed by atoms with E-state index in [-0.39, 0.29) is 12.2 Å². The van der Waals surface area contributed by atoms with Gasteiger partial charge in [0.1, 0.15) is 17.4 Å². The van der Waals surface area contributed by atoms with Crippen LogP contribution in [0.15, 0.2) is 30.5 Å². The van der Waals surface area contributed by atoms with E-state index in [4.69, 9.17) is 10.4 Å². The van der Waals surface area contributed by atoms with E-state index >= 15 is 0 Å². The second-order valence-corrected chi connectivity index (χ2v) is 6.19. The Bertz CT molecular complexity index is 759. The van der Waals surface area contributed by atoms with Crippen LogP contribution in [0.4, 0.5) is 15.0 Å². The summed E-state index contributed by atoms with van der Waals surface area (Å²) in [6.45, 7) is 0.660. The van der Waals surface area contributed by atoms with E-state index < -0.39 is 11.8 Å². The molecule has 1 aromatic carbocycles. The number of rotatable bonds is 8. The molecule has 1 heterocycles. The summed E-state index contributed by atoms with van der Waals surface area (Å²) < 4.78 is 15.0. The highest BCUT2D eigenvalue weighted by molar-refractivity contribution is 7.99. The van der Waals surface area contributed by atoms with Crippen LogP contribution < -0.4 is 10.6 Å². The minimum Gasteiger partial charge on any atom is -0.396 e. The number of nitriles is 1. The molecule has 0 bridgehead atoms. The molecule has 0 saturated carbocycles. The maximum absolute atomic E-state index is 13.6. The number of hydrogen-bond donors (Lipinski definition) is 3. The fraction of sp³-hybridized carbons (Fsp3) is 0.312. The van der Waals surface area contributed by atoms with Crippen molar-refractivity contribution < 1.29 is 14.3 Å². The molecular formula is C16H18FN5O2S. The molecule has 25 heavy (non-hydrogen) atoms. The normalized spacial score (nSPS) is 10.3. The number of aliphatic hydroxyl groups excluding tert-OH is 1. The molecule has 1 aromatic heterocycles. The summed E-state index contributed by atoms with van der Waals surface area (Å²) >= 11 is 1.64. The SMILES string of the molecule is N#Cc1c(F)cccc1-n1ccc(NC(=O)NCCSCCCO)n1. The van der Waals surface area contributed by atoms with Crippen molar-refractivity contribution in [2.45, 2.75) is 6.42 Å². The Morgan fingerprint density at radius 1 is 1.40 bits per heavy atom. The smallest absolute Gasteiger partial charge is 0.320 e. The number of benzene rings is 1. The van der Waals surface area contributed by atoms with Crippen LogP contribution in [0, 0.1) is 17.1 Å². The van der Waals surface area contributed by atoms with E-state index in [2.05, 4.69) is 15.7 Å². The van der Waals surface area contributed by atoms with Crippen LogP contribution in [-0.4, -0.2) is 45.6 Å². The predicted molar refractivity (Wildman–Crippen MR) is 94.3 cm³/mol. The first kappa shape index (κ1) is 18.8. The molecule has 132 valence electrons. The van der Waals surface area contributed by atoms with Crippen molar-refractivity contribution in [3.63, 3.8) is 0 Å². The third-order valence-corrected chi connectivity index (χ3v) is 4.23. The number of nitrogens with zero attached hydrogens (tertiary/aromatic N) is 3. The monoisotopic (exact) mass is 363 g/mol. The van der Waals surface area contributed by atoms with Gasteiger partial charge in [0.15, 0.2) is 5.82 Å². The van der Waals surface area contributed by atoms with Gasteiger partial charge in [-0.1, -0.05) is 6.07 Å². The Labute approximate surface area is 148 Å². The van der Waals surface area contributed by atoms with Gasteiger partial charge < -0.3 is 10.4 Å². The summed E-state index contributed by atoms with van der Waals surface area (Å²) in [5.74, 6) is 1.26. The highest BCUT2D eigenvalue weighted by Crippen LogP contribution is 2.17. The Balaban J connectivity index is 1.89. The average Bonchev–Trinajstić information content (AvgIpc) is 3.06. The maximum atomic E-state index is 13.6. The van der Waals surface area contributed by atoms with Crippen LogP contribution in [0.25, 0.3) is 5.69 Å². The molecule has 3 N–H and O–H groups in total. The number of anilines is 1. The van der Waals surface area contributed by atoms with E-state index in [1.54, 1.807) is 23.9 Å². The molecule has 2 amide bonds. The molecule has 9 heteroatoms. The van der Waals surface area contributed by atoms with Crippen molar-refractivity contribution in [2.24, 2.45) is 0 Å². The van der Waals surface area contributed by atoms with Crippen LogP contribution in [0.2, 0.25) is 0 Å². The zero-order chi connectivity index (χ0) is 18.1. The first-order chi connectivity index (χ1) is 12.2. The maximum Gasteiger partial charge on any atom is 0.320 e. The number of aromatic nitrogens is 2. The second kappa shape index (κ2) is 9.66. The van der Waals surface area contributed by atoms with Crippen LogP contribution in [0.1, 0.15) is 12.0 Å². The van der Waals surface area contributed by atoms with Crippen molar-refractivity contribution >= 4 is 23.6 Å². The van der Waals surface area contributed by atoms with Gasteiger partial charge in [-0.3, -0.25) is 5.32 Å². The largest absolute Gasteiger partial charge is 0.396 e. The standard InChI is InChI=1S/C16H18FN5O2S/c17-13-3-1-4-14(12(13)11-18)22-7-5-15(21-22)20-16(24)19-6-10-25-9-2-8-23/h1,3-5,7,23H,2,6,8-10H2,(H2,19,20,21,24). The predicted octanol–water partition coefficient (Wildman–Crippen LogP) is 2.12. The van der Waals surface area contributed by atoms with Gasteiger partial charge >= 0.3 is 6.03 Å². The fourth-order valence-electron chi connectivity index (χ4n) is 2.01. The van der Waals surface area contributed by atoms with Crippen molar-refractivity contribution in [3.8, 4) is 11.8 Å². The highest BCUT2D eigenvalue weighted by atomic mass is 32.2. The van der Waals surface area contributed by atoms with Gasteiger partial charge in [0.2, 0.25) is 0 Å². The fourth-order valence-corrected chi connectivity index (χ4v) is 2.79. The molecule has 2 rings (SSSR count). The van der Waals surface area contributed by atoms with Gasteiger partial charge in [-0.25, -0.2) is 13.9 Å². The summed E-state index contributed by atoms with van der Waals surface area (Å²) in [6.07, 6.45) is 2.27. The molecule has 2 aromatic rings. The number of halogens is 1. The molecule has 0 unspecified atom stereocenters. The number of carbonyl (C=O) groups is 1. The number of urea groups is 1. The van der Waals surface area contributed by atoms with Crippen molar-refractivity contribution in [3.05, 3.63) is 41.8 Å². The number of nitrogens with one attached hydrogen (secondary N) is 2. The van der Waals surface area contributed by atoms with E-state index in [1.807, 2.05) is 6.07 Å². The van der Waals surface area contributed by atoms with Crippen molar-refractivity contribution in [1.29, 1.82) is 5.26 Å². The van der Waals surface area contributed by atoms with Crippen LogP contribution in [0.5, 0.6) is 0 Å². The number of carbonyl (C=O) groups excluding carboxylic acids is 1. The quantitative estimate of drug-likeness (QED) is 0.624. The van der Waals surface area contributed by atoms with Gasteiger partial charge in [0, 0.05) is 31.2 Å². The van der Waals surface area contributed by atoms with E-state index in [0.29, 0.717) is 18.1 Å². The Morgan fingerprint density at radius 3 is 3.00 bits per heavy atom. The van der Waals surface area contributed by atoms with E-state index in [9.17, 15) is 9.18 Å². The lowest BCUT2D eigenvalue weighted by atomic mass is 10.2. The molecule has 0 aliphatic heterocycles. The first-order valence-corrected chi connectivity index (χ1v) is 8.79. The molecule has 0 fully saturated rings. The number of aliphatic hydroxyl groups is 1. The van der Waals surface area contributed by atoms with Gasteiger partial charge in [0.05, 0.1) is 5.69 Å². The van der Waals surface area contributed by atoms with E-state index in [0.717, 1.165) is 17.9 Å². The summed E-state index contributed by atoms with van der Waals surface area (Å²) in [6, 6.07) is 7.23. The lowest BCUT2D eigenvalue weighted by Gasteiger charge is -2.06. The lowest BCUT2D eigenvalue weighted by Crippen LogP contribution is -2.30. The van der Waals surface area contributed by atoms with Gasteiger partial charge in [-0.15, -0.1) is 5.10 Å². The van der Waals surface area contributed by atoms with Gasteiger partial charge in [0.25, 0.3) is 0 Å². The summed E-state index contributed by atoms with van der Waals surface area (Å²) in [5.41, 5.74) is 0.192. The zero-order valence-electron chi connectivity index (χ0n) is 13.4. The van der Waals surface area contributed by atoms with E-state index in [1.165, 1.54) is 23.0 Å². The molecule has 0 radical (unpaired) electrons. The Hall–Kier alpha value is -2.57. The van der Waals surface area contributed by atoms with Crippen LogP contribution >= 0.6 is 11.8 Å². The Morgan fingerprint density at radius 2 is 2.24 bits per heavy atom. The van der Waals surface area contributed by atoms with Crippen molar-refractivity contribution in [1.82, 2.24) is 15.1 Å².